The average molecular weight is 241 g/mol. The van der Waals surface area contributed by atoms with Crippen molar-refractivity contribution in [3.8, 4) is 11.5 Å². The second-order valence-electron chi connectivity index (χ2n) is 3.04. The van der Waals surface area contributed by atoms with Crippen LogP contribution in [0.1, 0.15) is 10.4 Å². The minimum Gasteiger partial charge on any atom is -0.495 e. The number of benzene rings is 1. The Labute approximate surface area is 99.1 Å². The number of ether oxygens (including phenoxy) is 2. The number of hydrogen-bond donors (Lipinski definition) is 1. The van der Waals surface area contributed by atoms with Crippen molar-refractivity contribution in [2.45, 2.75) is 4.90 Å². The molecule has 2 N–H and O–H groups in total. The van der Waals surface area contributed by atoms with Crippen LogP contribution in [0.5, 0.6) is 11.5 Å². The summed E-state index contributed by atoms with van der Waals surface area (Å²) in [4.78, 5) is 12.4. The zero-order chi connectivity index (χ0) is 12.1. The molecule has 0 aromatic heterocycles. The van der Waals surface area contributed by atoms with Gasteiger partial charge in [0, 0.05) is 5.56 Å². The number of carbonyl (C=O) groups is 1. The van der Waals surface area contributed by atoms with E-state index < -0.39 is 0 Å². The fraction of sp³-hybridized carbons (Fsp3) is 0.364. The van der Waals surface area contributed by atoms with E-state index in [0.717, 1.165) is 4.90 Å². The van der Waals surface area contributed by atoms with Gasteiger partial charge in [-0.3, -0.25) is 4.79 Å². The van der Waals surface area contributed by atoms with Crippen LogP contribution < -0.4 is 15.2 Å². The smallest absolute Gasteiger partial charge is 0.176 e. The van der Waals surface area contributed by atoms with Gasteiger partial charge < -0.3 is 15.2 Å². The van der Waals surface area contributed by atoms with Crippen molar-refractivity contribution in [2.24, 2.45) is 5.73 Å². The minimum absolute atomic E-state index is 0.0229. The quantitative estimate of drug-likeness (QED) is 0.626. The maximum atomic E-state index is 11.5. The Kier molecular flexibility index (Phi) is 4.64. The topological polar surface area (TPSA) is 61.5 Å². The third-order valence-corrected chi connectivity index (χ3v) is 2.98. The van der Waals surface area contributed by atoms with Crippen LogP contribution in [-0.4, -0.2) is 32.8 Å². The van der Waals surface area contributed by atoms with Crippen LogP contribution in [-0.2, 0) is 0 Å². The first-order valence-corrected chi connectivity index (χ1v) is 5.93. The average Bonchev–Trinajstić information content (AvgIpc) is 2.35. The maximum absolute atomic E-state index is 11.5. The number of hydrogen-bond acceptors (Lipinski definition) is 5. The number of nitrogens with two attached hydrogens (primary N) is 1. The number of methoxy groups -OCH3 is 2. The van der Waals surface area contributed by atoms with E-state index in [-0.39, 0.29) is 12.3 Å². The lowest BCUT2D eigenvalue weighted by Crippen LogP contribution is -2.13. The lowest BCUT2D eigenvalue weighted by molar-refractivity contribution is 0.100. The number of carbonyl (C=O) groups excluding carboxylic acids is 1. The highest BCUT2D eigenvalue weighted by molar-refractivity contribution is 7.98. The summed E-state index contributed by atoms with van der Waals surface area (Å²) in [6.07, 6.45) is 1.92. The SMILES string of the molecule is COc1cc(C(=O)CN)cc(OC)c1SC. The van der Waals surface area contributed by atoms with E-state index in [2.05, 4.69) is 0 Å². The summed E-state index contributed by atoms with van der Waals surface area (Å²) in [5.41, 5.74) is 5.83. The predicted octanol–water partition coefficient (Wildman–Crippen LogP) is 1.57. The van der Waals surface area contributed by atoms with E-state index in [1.54, 1.807) is 26.4 Å². The van der Waals surface area contributed by atoms with E-state index in [9.17, 15) is 4.79 Å². The monoisotopic (exact) mass is 241 g/mol. The van der Waals surface area contributed by atoms with Crippen LogP contribution in [0.15, 0.2) is 17.0 Å². The summed E-state index contributed by atoms with van der Waals surface area (Å²) in [6.45, 7) is -0.0229. The van der Waals surface area contributed by atoms with Crippen molar-refractivity contribution in [3.05, 3.63) is 17.7 Å². The Morgan fingerprint density at radius 1 is 1.31 bits per heavy atom. The fourth-order valence-electron chi connectivity index (χ4n) is 1.36. The Morgan fingerprint density at radius 2 is 1.81 bits per heavy atom. The molecule has 4 nitrogen and oxygen atoms in total. The van der Waals surface area contributed by atoms with Gasteiger partial charge in [0.1, 0.15) is 11.5 Å². The second-order valence-corrected chi connectivity index (χ2v) is 3.86. The standard InChI is InChI=1S/C11H15NO3S/c1-14-9-4-7(8(13)6-12)5-10(15-2)11(9)16-3/h4-5H,6,12H2,1-3H3. The Balaban J connectivity index is 3.31. The van der Waals surface area contributed by atoms with Crippen molar-refractivity contribution < 1.29 is 14.3 Å². The third-order valence-electron chi connectivity index (χ3n) is 2.17. The molecule has 5 heteroatoms. The van der Waals surface area contributed by atoms with Crippen LogP contribution in [0.25, 0.3) is 0 Å². The van der Waals surface area contributed by atoms with Gasteiger partial charge in [0.2, 0.25) is 0 Å². The molecule has 0 spiro atoms. The number of rotatable bonds is 5. The number of thioether (sulfide) groups is 1. The molecule has 0 bridgehead atoms. The summed E-state index contributed by atoms with van der Waals surface area (Å²) in [5.74, 6) is 1.12. The Morgan fingerprint density at radius 3 is 2.12 bits per heavy atom. The van der Waals surface area contributed by atoms with Gasteiger partial charge in [0.15, 0.2) is 5.78 Å². The van der Waals surface area contributed by atoms with Crippen molar-refractivity contribution in [1.29, 1.82) is 0 Å². The van der Waals surface area contributed by atoms with Crippen molar-refractivity contribution in [2.75, 3.05) is 27.0 Å². The van der Waals surface area contributed by atoms with Gasteiger partial charge in [-0.2, -0.15) is 0 Å². The van der Waals surface area contributed by atoms with Crippen LogP contribution in [0, 0.1) is 0 Å². The molecule has 0 aliphatic rings. The molecule has 0 fully saturated rings. The first-order valence-electron chi connectivity index (χ1n) is 4.71. The van der Waals surface area contributed by atoms with E-state index in [0.29, 0.717) is 17.1 Å². The van der Waals surface area contributed by atoms with Gasteiger partial charge in [-0.1, -0.05) is 0 Å². The van der Waals surface area contributed by atoms with Crippen molar-refractivity contribution in [1.82, 2.24) is 0 Å². The predicted molar refractivity (Wildman–Crippen MR) is 64.7 cm³/mol. The van der Waals surface area contributed by atoms with Crippen LogP contribution in [0.3, 0.4) is 0 Å². The second kappa shape index (κ2) is 5.77. The van der Waals surface area contributed by atoms with Crippen molar-refractivity contribution >= 4 is 17.5 Å². The molecular formula is C11H15NO3S. The van der Waals surface area contributed by atoms with E-state index in [4.69, 9.17) is 15.2 Å². The van der Waals surface area contributed by atoms with Crippen LogP contribution >= 0.6 is 11.8 Å². The van der Waals surface area contributed by atoms with E-state index in [1.807, 2.05) is 6.26 Å². The number of Topliss-reactive ketones (excluding diaryl/α,β-unsaturated/α-hetero) is 1. The molecule has 0 saturated heterocycles. The molecular weight excluding hydrogens is 226 g/mol. The summed E-state index contributed by atoms with van der Waals surface area (Å²) in [5, 5.41) is 0. The summed E-state index contributed by atoms with van der Waals surface area (Å²) in [6, 6.07) is 3.37. The summed E-state index contributed by atoms with van der Waals surface area (Å²) < 4.78 is 10.4. The molecule has 1 rings (SSSR count). The van der Waals surface area contributed by atoms with Crippen LogP contribution in [0.2, 0.25) is 0 Å². The molecule has 0 aliphatic heterocycles. The molecule has 0 atom stereocenters. The van der Waals surface area contributed by atoms with Crippen LogP contribution in [0.4, 0.5) is 0 Å². The fourth-order valence-corrected chi connectivity index (χ4v) is 2.05. The molecule has 88 valence electrons. The highest BCUT2D eigenvalue weighted by atomic mass is 32.2. The zero-order valence-electron chi connectivity index (χ0n) is 9.57. The lowest BCUT2D eigenvalue weighted by atomic mass is 10.1. The Bertz CT molecular complexity index is 368. The molecule has 16 heavy (non-hydrogen) atoms. The molecule has 0 radical (unpaired) electrons. The molecule has 0 heterocycles. The minimum atomic E-state index is -0.135. The number of ketones is 1. The molecule has 1 aromatic carbocycles. The molecule has 0 saturated carbocycles. The third kappa shape index (κ3) is 2.48. The summed E-state index contributed by atoms with van der Waals surface area (Å²) >= 11 is 1.51. The van der Waals surface area contributed by atoms with Gasteiger partial charge in [-0.25, -0.2) is 0 Å². The summed E-state index contributed by atoms with van der Waals surface area (Å²) in [7, 11) is 3.12. The van der Waals surface area contributed by atoms with Gasteiger partial charge in [0.05, 0.1) is 25.7 Å². The highest BCUT2D eigenvalue weighted by Crippen LogP contribution is 2.37. The molecule has 0 unspecified atom stereocenters. The lowest BCUT2D eigenvalue weighted by Gasteiger charge is -2.12. The van der Waals surface area contributed by atoms with Gasteiger partial charge in [-0.05, 0) is 18.4 Å². The van der Waals surface area contributed by atoms with Gasteiger partial charge in [-0.15, -0.1) is 11.8 Å². The molecule has 0 amide bonds. The maximum Gasteiger partial charge on any atom is 0.176 e. The zero-order valence-corrected chi connectivity index (χ0v) is 10.4. The van der Waals surface area contributed by atoms with Crippen molar-refractivity contribution in [3.63, 3.8) is 0 Å². The largest absolute Gasteiger partial charge is 0.495 e. The van der Waals surface area contributed by atoms with Gasteiger partial charge in [0.25, 0.3) is 0 Å². The first-order chi connectivity index (χ1) is 7.67. The molecule has 0 aliphatic carbocycles. The van der Waals surface area contributed by atoms with E-state index >= 15 is 0 Å². The normalized spacial score (nSPS) is 10.0. The highest BCUT2D eigenvalue weighted by Gasteiger charge is 2.14. The first kappa shape index (κ1) is 12.9. The van der Waals surface area contributed by atoms with Gasteiger partial charge >= 0.3 is 0 Å². The Hall–Kier alpha value is -1.20. The van der Waals surface area contributed by atoms with E-state index in [1.165, 1.54) is 11.8 Å². The molecule has 1 aromatic rings.